The average Bonchev–Trinajstić information content (AvgIpc) is 3.99. The van der Waals surface area contributed by atoms with E-state index in [0.717, 1.165) is 67.9 Å². The second-order valence-electron chi connectivity index (χ2n) is 22.2. The molecule has 0 radical (unpaired) electrons. The summed E-state index contributed by atoms with van der Waals surface area (Å²) < 4.78 is 14.2. The first-order valence-electron chi connectivity index (χ1n) is 27.8. The number of ether oxygens (including phenoxy) is 2. The number of aryl methyl sites for hydroxylation is 4. The summed E-state index contributed by atoms with van der Waals surface area (Å²) in [6, 6.07) is 94.6. The van der Waals surface area contributed by atoms with Gasteiger partial charge in [-0.2, -0.15) is 0 Å². The van der Waals surface area contributed by atoms with E-state index in [4.69, 9.17) is 9.47 Å². The molecule has 2 aliphatic carbocycles. The summed E-state index contributed by atoms with van der Waals surface area (Å²) in [6.07, 6.45) is 0. The lowest BCUT2D eigenvalue weighted by Crippen LogP contribution is -2.29. The van der Waals surface area contributed by atoms with Gasteiger partial charge in [0.1, 0.15) is 0 Å². The van der Waals surface area contributed by atoms with Crippen LogP contribution in [0, 0.1) is 27.7 Å². The molecule has 0 atom stereocenters. The minimum atomic E-state index is -0.605. The third-order valence-corrected chi connectivity index (χ3v) is 17.7. The van der Waals surface area contributed by atoms with E-state index in [1.807, 2.05) is 0 Å². The molecule has 0 aromatic heterocycles. The molecule has 0 spiro atoms. The van der Waals surface area contributed by atoms with Gasteiger partial charge in [0.2, 0.25) is 0 Å². The summed E-state index contributed by atoms with van der Waals surface area (Å²) in [4.78, 5) is 4.89. The predicted octanol–water partition coefficient (Wildman–Crippen LogP) is 20.0. The first-order chi connectivity index (χ1) is 39.3. The maximum atomic E-state index is 7.08. The number of para-hydroxylation sites is 4. The lowest BCUT2D eigenvalue weighted by atomic mass is 9.67. The maximum absolute atomic E-state index is 7.08. The summed E-state index contributed by atoms with van der Waals surface area (Å²) in [5, 5.41) is 2.21. The zero-order valence-corrected chi connectivity index (χ0v) is 45.0. The van der Waals surface area contributed by atoms with Crippen LogP contribution in [0.15, 0.2) is 255 Å². The van der Waals surface area contributed by atoms with Gasteiger partial charge in [0.15, 0.2) is 23.0 Å². The van der Waals surface area contributed by atoms with Gasteiger partial charge in [-0.25, -0.2) is 0 Å². The van der Waals surface area contributed by atoms with Crippen LogP contribution in [0.4, 0.5) is 34.1 Å². The second-order valence-corrected chi connectivity index (χ2v) is 22.2. The molecule has 2 heterocycles. The smallest absolute Gasteiger partial charge is 0.152 e. The van der Waals surface area contributed by atoms with Crippen LogP contribution in [-0.4, -0.2) is 0 Å². The number of rotatable bonds is 6. The second kappa shape index (κ2) is 17.3. The summed E-state index contributed by atoms with van der Waals surface area (Å²) in [7, 11) is 0. The molecular weight excluding hydrogens is 973 g/mol. The van der Waals surface area contributed by atoms with Crippen LogP contribution >= 0.6 is 0 Å². The van der Waals surface area contributed by atoms with E-state index < -0.39 is 10.8 Å². The number of nitrogens with zero attached hydrogens (tertiary/aromatic N) is 2. The Balaban J connectivity index is 0.929. The van der Waals surface area contributed by atoms with Gasteiger partial charge in [-0.15, -0.1) is 0 Å². The van der Waals surface area contributed by atoms with Crippen LogP contribution in [0.25, 0.3) is 33.0 Å². The van der Waals surface area contributed by atoms with Crippen LogP contribution < -0.4 is 19.3 Å². The topological polar surface area (TPSA) is 24.9 Å². The fraction of sp³-hybridized carbons (Fsp3) is 0.0789. The van der Waals surface area contributed by atoms with Crippen LogP contribution in [0.1, 0.15) is 66.8 Å². The van der Waals surface area contributed by atoms with Crippen molar-refractivity contribution in [1.82, 2.24) is 0 Å². The lowest BCUT2D eigenvalue weighted by Gasteiger charge is -2.38. The fourth-order valence-corrected chi connectivity index (χ4v) is 14.0. The van der Waals surface area contributed by atoms with Gasteiger partial charge < -0.3 is 19.3 Å². The molecular formula is C76H54N2O2. The normalized spacial score (nSPS) is 14.3. The molecule has 4 aliphatic rings. The van der Waals surface area contributed by atoms with Crippen LogP contribution in [0.2, 0.25) is 0 Å². The first kappa shape index (κ1) is 46.2. The molecule has 0 saturated heterocycles. The molecule has 0 unspecified atom stereocenters. The molecule has 0 saturated carbocycles. The van der Waals surface area contributed by atoms with Crippen molar-refractivity contribution in [2.45, 2.75) is 38.5 Å². The number of benzene rings is 12. The molecule has 0 amide bonds. The number of fused-ring (bicyclic) bond motifs is 11. The third-order valence-electron chi connectivity index (χ3n) is 17.7. The minimum absolute atomic E-state index is 0.605. The SMILES string of the molecule is Cc1ccc(C2(c3ccc(C)cc3)c3ccccc3-c3cc4c(cc32)N(c2cccc3c(N5c6ccccc6Oc6cc7c(cc65)C(c5ccc(C)cc5)(c5ccc(C)cc5)c5ccccc5-7)cccc23)c2ccccc2O4)cc1. The minimum Gasteiger partial charge on any atom is -0.453 e. The van der Waals surface area contributed by atoms with Crippen molar-refractivity contribution in [3.8, 4) is 45.3 Å². The van der Waals surface area contributed by atoms with Gasteiger partial charge in [-0.1, -0.05) is 216 Å². The van der Waals surface area contributed by atoms with Crippen molar-refractivity contribution in [2.75, 3.05) is 9.80 Å². The Morgan fingerprint density at radius 1 is 0.250 bits per heavy atom. The summed E-state index contributed by atoms with van der Waals surface area (Å²) in [5.74, 6) is 3.23. The quantitative estimate of drug-likeness (QED) is 0.166. The Hall–Kier alpha value is -9.90. The predicted molar refractivity (Wildman–Crippen MR) is 327 cm³/mol. The van der Waals surface area contributed by atoms with E-state index in [2.05, 4.69) is 292 Å². The standard InChI is InChI=1S/C76H54N2O2/c1-47-27-35-51(36-28-47)75(52-37-29-48(2)30-38-52)61-19-7-5-15-55(61)59-43-73-69(45-63(59)75)77(67-21-9-11-25-71(67)79-73)65-23-13-18-58-57(65)17-14-24-66(58)78-68-22-10-12-26-72(68)80-74-44-60-56-16-6-8-20-62(56)76(64(60)46-70(74)78,53-39-31-49(3)32-40-53)54-41-33-50(4)34-42-54/h5-46H,1-4H3. The Bertz CT molecular complexity index is 4140. The highest BCUT2D eigenvalue weighted by atomic mass is 16.5. The number of anilines is 6. The molecule has 380 valence electrons. The van der Waals surface area contributed by atoms with Gasteiger partial charge in [0.05, 0.1) is 45.0 Å². The average molecular weight is 1030 g/mol. The van der Waals surface area contributed by atoms with Gasteiger partial charge >= 0.3 is 0 Å². The highest BCUT2D eigenvalue weighted by Crippen LogP contribution is 2.64. The summed E-state index contributed by atoms with van der Waals surface area (Å²) >= 11 is 0. The molecule has 16 rings (SSSR count). The third kappa shape index (κ3) is 6.45. The van der Waals surface area contributed by atoms with E-state index in [0.29, 0.717) is 0 Å². The zero-order chi connectivity index (χ0) is 53.4. The summed E-state index contributed by atoms with van der Waals surface area (Å²) in [5.41, 5.74) is 24.4. The highest BCUT2D eigenvalue weighted by molar-refractivity contribution is 6.09. The van der Waals surface area contributed by atoms with Gasteiger partial charge in [-0.05, 0) is 155 Å². The Labute approximate surface area is 467 Å². The molecule has 2 aliphatic heterocycles. The Morgan fingerprint density at radius 3 is 0.950 bits per heavy atom. The lowest BCUT2D eigenvalue weighted by molar-refractivity contribution is 0.476. The van der Waals surface area contributed by atoms with E-state index in [-0.39, 0.29) is 0 Å². The molecule has 80 heavy (non-hydrogen) atoms. The van der Waals surface area contributed by atoms with Crippen molar-refractivity contribution in [3.63, 3.8) is 0 Å². The molecule has 0 bridgehead atoms. The van der Waals surface area contributed by atoms with E-state index in [1.54, 1.807) is 0 Å². The Morgan fingerprint density at radius 2 is 0.575 bits per heavy atom. The zero-order valence-electron chi connectivity index (χ0n) is 45.0. The first-order valence-corrected chi connectivity index (χ1v) is 27.8. The van der Waals surface area contributed by atoms with Crippen LogP contribution in [-0.2, 0) is 10.8 Å². The summed E-state index contributed by atoms with van der Waals surface area (Å²) in [6.45, 7) is 8.68. The van der Waals surface area contributed by atoms with Crippen LogP contribution in [0.3, 0.4) is 0 Å². The number of hydrogen-bond donors (Lipinski definition) is 0. The van der Waals surface area contributed by atoms with Crippen molar-refractivity contribution < 1.29 is 9.47 Å². The van der Waals surface area contributed by atoms with Crippen molar-refractivity contribution in [1.29, 1.82) is 0 Å². The molecule has 0 N–H and O–H groups in total. The fourth-order valence-electron chi connectivity index (χ4n) is 14.0. The monoisotopic (exact) mass is 1030 g/mol. The number of hydrogen-bond acceptors (Lipinski definition) is 4. The van der Waals surface area contributed by atoms with E-state index >= 15 is 0 Å². The molecule has 4 heteroatoms. The van der Waals surface area contributed by atoms with Crippen molar-refractivity contribution >= 4 is 44.9 Å². The highest BCUT2D eigenvalue weighted by Gasteiger charge is 2.49. The largest absolute Gasteiger partial charge is 0.453 e. The molecule has 12 aromatic carbocycles. The van der Waals surface area contributed by atoms with E-state index in [1.165, 1.54) is 89.0 Å². The van der Waals surface area contributed by atoms with Crippen molar-refractivity contribution in [2.24, 2.45) is 0 Å². The molecule has 4 nitrogen and oxygen atoms in total. The van der Waals surface area contributed by atoms with Gasteiger partial charge in [0.25, 0.3) is 0 Å². The van der Waals surface area contributed by atoms with Crippen molar-refractivity contribution in [3.05, 3.63) is 322 Å². The maximum Gasteiger partial charge on any atom is 0.152 e. The van der Waals surface area contributed by atoms with E-state index in [9.17, 15) is 0 Å². The van der Waals surface area contributed by atoms with Gasteiger partial charge in [0, 0.05) is 10.8 Å². The molecule has 12 aromatic rings. The molecule has 0 fully saturated rings. The van der Waals surface area contributed by atoms with Crippen LogP contribution in [0.5, 0.6) is 23.0 Å². The van der Waals surface area contributed by atoms with Gasteiger partial charge in [-0.3, -0.25) is 0 Å². The Kier molecular flexibility index (Phi) is 9.99.